The molecular formula is C53H34N2O. The Bertz CT molecular complexity index is 3240. The van der Waals surface area contributed by atoms with Crippen LogP contribution in [0, 0.1) is 0 Å². The third-order valence-electron chi connectivity index (χ3n) is 11.0. The highest BCUT2D eigenvalue weighted by Gasteiger charge is 2.20. The van der Waals surface area contributed by atoms with Gasteiger partial charge in [-0.2, -0.15) is 0 Å². The summed E-state index contributed by atoms with van der Waals surface area (Å²) in [5.74, 6) is 0. The van der Waals surface area contributed by atoms with Crippen LogP contribution in [-0.4, -0.2) is 9.55 Å². The molecule has 11 rings (SSSR count). The van der Waals surface area contributed by atoms with E-state index in [4.69, 9.17) is 9.40 Å². The van der Waals surface area contributed by atoms with Gasteiger partial charge in [0, 0.05) is 38.9 Å². The molecule has 0 bridgehead atoms. The molecule has 3 heteroatoms. The van der Waals surface area contributed by atoms with Gasteiger partial charge in [-0.25, -0.2) is 4.98 Å². The minimum Gasteiger partial charge on any atom is -0.438 e. The van der Waals surface area contributed by atoms with Gasteiger partial charge in [-0.1, -0.05) is 152 Å². The first-order valence-corrected chi connectivity index (χ1v) is 19.0. The number of aromatic nitrogens is 2. The Morgan fingerprint density at radius 3 is 1.80 bits per heavy atom. The van der Waals surface area contributed by atoms with Crippen LogP contribution in [0.15, 0.2) is 205 Å². The molecule has 0 saturated heterocycles. The molecule has 262 valence electrons. The van der Waals surface area contributed by atoms with E-state index in [1.807, 2.05) is 18.3 Å². The van der Waals surface area contributed by atoms with Crippen molar-refractivity contribution in [2.75, 3.05) is 0 Å². The first kappa shape index (κ1) is 32.0. The van der Waals surface area contributed by atoms with E-state index in [0.29, 0.717) is 5.71 Å². The van der Waals surface area contributed by atoms with Crippen molar-refractivity contribution < 1.29 is 4.42 Å². The molecule has 0 aliphatic heterocycles. The number of nitrogens with zero attached hydrogens (tertiary/aromatic N) is 2. The van der Waals surface area contributed by atoms with Gasteiger partial charge in [0.05, 0.1) is 16.7 Å². The predicted molar refractivity (Wildman–Crippen MR) is 234 cm³/mol. The molecule has 0 amide bonds. The van der Waals surface area contributed by atoms with E-state index < -0.39 is 0 Å². The van der Waals surface area contributed by atoms with Gasteiger partial charge in [-0.15, -0.1) is 0 Å². The second-order valence-corrected chi connectivity index (χ2v) is 14.4. The van der Waals surface area contributed by atoms with Crippen molar-refractivity contribution in [3.05, 3.63) is 217 Å². The molecule has 3 heterocycles. The van der Waals surface area contributed by atoms with Crippen LogP contribution in [0.5, 0.6) is 0 Å². The number of pyridine rings is 1. The van der Waals surface area contributed by atoms with Gasteiger partial charge in [-0.05, 0) is 92.7 Å². The van der Waals surface area contributed by atoms with Crippen molar-refractivity contribution in [3.63, 3.8) is 0 Å². The minimum absolute atomic E-state index is 0.636. The van der Waals surface area contributed by atoms with Crippen LogP contribution in [-0.2, 0) is 0 Å². The molecule has 3 aromatic heterocycles. The smallest absolute Gasteiger partial charge is 0.227 e. The molecule has 0 saturated carbocycles. The van der Waals surface area contributed by atoms with Crippen molar-refractivity contribution in [1.29, 1.82) is 0 Å². The molecule has 0 aliphatic carbocycles. The molecule has 0 unspecified atom stereocenters. The average Bonchev–Trinajstić information content (AvgIpc) is 3.81. The van der Waals surface area contributed by atoms with Crippen molar-refractivity contribution >= 4 is 66.3 Å². The largest absolute Gasteiger partial charge is 0.438 e. The number of fused-ring (bicyclic) bond motifs is 7. The van der Waals surface area contributed by atoms with E-state index in [2.05, 4.69) is 193 Å². The van der Waals surface area contributed by atoms with Crippen LogP contribution in [0.4, 0.5) is 0 Å². The Morgan fingerprint density at radius 2 is 1.05 bits per heavy atom. The summed E-state index contributed by atoms with van der Waals surface area (Å²) in [6.45, 7) is 0. The fraction of sp³-hybridized carbons (Fsp3) is 0. The monoisotopic (exact) mass is 714 g/mol. The molecule has 0 atom stereocenters. The molecule has 0 radical (unpaired) electrons. The molecule has 0 aliphatic rings. The van der Waals surface area contributed by atoms with Crippen LogP contribution >= 0.6 is 0 Å². The lowest BCUT2D eigenvalue weighted by Gasteiger charge is -2.19. The zero-order valence-corrected chi connectivity index (χ0v) is 30.4. The van der Waals surface area contributed by atoms with E-state index in [0.717, 1.165) is 49.9 Å². The van der Waals surface area contributed by atoms with Gasteiger partial charge in [0.2, 0.25) is 5.71 Å². The van der Waals surface area contributed by atoms with Crippen molar-refractivity contribution in [2.45, 2.75) is 0 Å². The van der Waals surface area contributed by atoms with E-state index in [1.165, 1.54) is 49.3 Å². The Kier molecular flexibility index (Phi) is 7.49. The summed E-state index contributed by atoms with van der Waals surface area (Å²) >= 11 is 0. The first-order chi connectivity index (χ1) is 27.7. The highest BCUT2D eigenvalue weighted by atomic mass is 16.3. The average molecular weight is 715 g/mol. The second kappa shape index (κ2) is 13.1. The predicted octanol–water partition coefficient (Wildman–Crippen LogP) is 14.2. The van der Waals surface area contributed by atoms with Gasteiger partial charge in [0.25, 0.3) is 0 Å². The number of benzene rings is 8. The highest BCUT2D eigenvalue weighted by Crippen LogP contribution is 2.40. The standard InChI is InChI=1S/C53H34N2O/c1-2-14-36(15-3-1)37-25-27-38(28-26-37)39-18-12-13-35(29-39)30-46(42-32-48-45-21-8-11-24-52(45)56-53(48)54-34-42)47-31-40-16-4-5-17-41(40)33-51(47)55-49-22-9-6-19-43(49)44-20-7-10-23-50(44)55/h1-34H/b46-30-. The van der Waals surface area contributed by atoms with Crippen LogP contribution in [0.2, 0.25) is 0 Å². The SMILES string of the molecule is C(=C(\c1cnc2oc3ccccc3c2c1)c1cc2ccccc2cc1-n1c2ccccc2c2ccccc21)/c1cccc(-c2ccc(-c3ccccc3)cc2)c1. The van der Waals surface area contributed by atoms with Crippen molar-refractivity contribution in [2.24, 2.45) is 0 Å². The number of furan rings is 1. The summed E-state index contributed by atoms with van der Waals surface area (Å²) in [6.07, 6.45) is 4.29. The highest BCUT2D eigenvalue weighted by molar-refractivity contribution is 6.11. The summed E-state index contributed by atoms with van der Waals surface area (Å²) < 4.78 is 8.65. The van der Waals surface area contributed by atoms with Crippen LogP contribution in [0.3, 0.4) is 0 Å². The molecule has 0 fully saturated rings. The van der Waals surface area contributed by atoms with Gasteiger partial charge in [0.15, 0.2) is 0 Å². The van der Waals surface area contributed by atoms with Gasteiger partial charge >= 0.3 is 0 Å². The zero-order chi connectivity index (χ0) is 37.0. The minimum atomic E-state index is 0.636. The number of hydrogen-bond donors (Lipinski definition) is 0. The number of hydrogen-bond acceptors (Lipinski definition) is 2. The summed E-state index contributed by atoms with van der Waals surface area (Å²) in [7, 11) is 0. The number of para-hydroxylation sites is 3. The van der Waals surface area contributed by atoms with E-state index in [-0.39, 0.29) is 0 Å². The van der Waals surface area contributed by atoms with Crippen molar-refractivity contribution in [1.82, 2.24) is 9.55 Å². The summed E-state index contributed by atoms with van der Waals surface area (Å²) in [6, 6.07) is 69.5. The Morgan fingerprint density at radius 1 is 0.464 bits per heavy atom. The molecule has 56 heavy (non-hydrogen) atoms. The fourth-order valence-electron chi connectivity index (χ4n) is 8.34. The second-order valence-electron chi connectivity index (χ2n) is 14.4. The van der Waals surface area contributed by atoms with E-state index in [1.54, 1.807) is 0 Å². The van der Waals surface area contributed by atoms with Crippen LogP contribution in [0.1, 0.15) is 16.7 Å². The Hall–Kier alpha value is -7.49. The Balaban J connectivity index is 1.16. The van der Waals surface area contributed by atoms with E-state index in [9.17, 15) is 0 Å². The Labute approximate surface area is 324 Å². The lowest BCUT2D eigenvalue weighted by Crippen LogP contribution is -2.01. The van der Waals surface area contributed by atoms with Gasteiger partial charge in [-0.3, -0.25) is 0 Å². The van der Waals surface area contributed by atoms with Crippen LogP contribution < -0.4 is 0 Å². The zero-order valence-electron chi connectivity index (χ0n) is 30.4. The fourth-order valence-corrected chi connectivity index (χ4v) is 8.34. The number of rotatable bonds is 6. The van der Waals surface area contributed by atoms with E-state index >= 15 is 0 Å². The maximum atomic E-state index is 6.21. The summed E-state index contributed by atoms with van der Waals surface area (Å²) in [5.41, 5.74) is 14.0. The quantitative estimate of drug-likeness (QED) is 0.161. The molecule has 11 aromatic rings. The molecule has 0 spiro atoms. The summed E-state index contributed by atoms with van der Waals surface area (Å²) in [5, 5.41) is 6.86. The molecule has 8 aromatic carbocycles. The lowest BCUT2D eigenvalue weighted by atomic mass is 9.91. The lowest BCUT2D eigenvalue weighted by molar-refractivity contribution is 0.654. The van der Waals surface area contributed by atoms with Crippen molar-refractivity contribution in [3.8, 4) is 27.9 Å². The summed E-state index contributed by atoms with van der Waals surface area (Å²) in [4.78, 5) is 4.95. The normalized spacial score (nSPS) is 12.0. The third-order valence-corrected chi connectivity index (χ3v) is 11.0. The van der Waals surface area contributed by atoms with Gasteiger partial charge in [0.1, 0.15) is 5.58 Å². The third kappa shape index (κ3) is 5.40. The molecular weight excluding hydrogens is 681 g/mol. The first-order valence-electron chi connectivity index (χ1n) is 19.0. The maximum absolute atomic E-state index is 6.21. The maximum Gasteiger partial charge on any atom is 0.227 e. The molecule has 0 N–H and O–H groups in total. The topological polar surface area (TPSA) is 31.0 Å². The molecule has 3 nitrogen and oxygen atoms in total. The van der Waals surface area contributed by atoms with Crippen LogP contribution in [0.25, 0.3) is 94.2 Å². The van der Waals surface area contributed by atoms with Gasteiger partial charge < -0.3 is 8.98 Å².